The molecule has 0 bridgehead atoms. The second kappa shape index (κ2) is 7.37. The van der Waals surface area contributed by atoms with Crippen molar-refractivity contribution in [1.82, 2.24) is 15.2 Å². The second-order valence-corrected chi connectivity index (χ2v) is 5.07. The fraction of sp³-hybridized carbons (Fsp3) is 0.375. The van der Waals surface area contributed by atoms with Crippen LogP contribution >= 0.6 is 0 Å². The van der Waals surface area contributed by atoms with Crippen molar-refractivity contribution in [1.29, 1.82) is 0 Å². The molecule has 0 unspecified atom stereocenters. The molecule has 5 nitrogen and oxygen atoms in total. The molecule has 0 spiro atoms. The molecule has 24 heavy (non-hydrogen) atoms. The van der Waals surface area contributed by atoms with Gasteiger partial charge in [0.15, 0.2) is 11.5 Å². The highest BCUT2D eigenvalue weighted by Gasteiger charge is 2.35. The number of aryl methyl sites for hydroxylation is 2. The van der Waals surface area contributed by atoms with Gasteiger partial charge in [0, 0.05) is 18.7 Å². The number of anilines is 1. The van der Waals surface area contributed by atoms with Crippen LogP contribution in [0.4, 0.5) is 19.0 Å². The number of pyridine rings is 1. The van der Waals surface area contributed by atoms with Gasteiger partial charge in [-0.25, -0.2) is 4.98 Å². The molecule has 3 aromatic rings. The third-order valence-corrected chi connectivity index (χ3v) is 3.24. The first-order valence-electron chi connectivity index (χ1n) is 7.56. The lowest BCUT2D eigenvalue weighted by Crippen LogP contribution is -2.08. The number of alkyl halides is 3. The minimum Gasteiger partial charge on any atom is -0.469 e. The Bertz CT molecular complexity index is 779. The number of furan rings is 1. The number of nitrogens with zero attached hydrogens (tertiary/aromatic N) is 2. The molecule has 0 radical (unpaired) electrons. The van der Waals surface area contributed by atoms with Crippen LogP contribution in [0.2, 0.25) is 0 Å². The highest BCUT2D eigenvalue weighted by molar-refractivity contribution is 5.90. The summed E-state index contributed by atoms with van der Waals surface area (Å²) in [7, 11) is 0. The molecule has 130 valence electrons. The summed E-state index contributed by atoms with van der Waals surface area (Å²) in [6, 6.07) is 4.90. The van der Waals surface area contributed by atoms with Crippen LogP contribution in [-0.2, 0) is 12.6 Å². The van der Waals surface area contributed by atoms with Crippen LogP contribution < -0.4 is 5.32 Å². The molecule has 0 aliphatic rings. The number of H-pyrrole nitrogens is 1. The Hall–Kier alpha value is -2.51. The highest BCUT2D eigenvalue weighted by atomic mass is 19.4. The monoisotopic (exact) mass is 340 g/mol. The Balaban J connectivity index is 0.000000249. The van der Waals surface area contributed by atoms with Gasteiger partial charge in [-0.2, -0.15) is 18.3 Å². The van der Waals surface area contributed by atoms with Crippen LogP contribution in [0.3, 0.4) is 0 Å². The molecule has 2 N–H and O–H groups in total. The number of rotatable bonds is 3. The number of hydrogen-bond acceptors (Lipinski definition) is 4. The van der Waals surface area contributed by atoms with Crippen LogP contribution in [-0.4, -0.2) is 21.7 Å². The first kappa shape index (κ1) is 17.8. The number of aromatic nitrogens is 3. The zero-order chi connectivity index (χ0) is 17.7. The van der Waals surface area contributed by atoms with E-state index < -0.39 is 11.7 Å². The fourth-order valence-corrected chi connectivity index (χ4v) is 2.19. The summed E-state index contributed by atoms with van der Waals surface area (Å²) in [4.78, 5) is 3.99. The van der Waals surface area contributed by atoms with Gasteiger partial charge in [0.2, 0.25) is 0 Å². The van der Waals surface area contributed by atoms with Crippen molar-refractivity contribution in [2.24, 2.45) is 0 Å². The predicted octanol–water partition coefficient (Wildman–Crippen LogP) is 4.56. The van der Waals surface area contributed by atoms with E-state index in [1.807, 2.05) is 12.1 Å². The normalized spacial score (nSPS) is 11.2. The first-order chi connectivity index (χ1) is 11.4. The molecule has 3 rings (SSSR count). The van der Waals surface area contributed by atoms with Crippen molar-refractivity contribution in [3.8, 4) is 0 Å². The standard InChI is InChI=1S/C10H11F3N4.C6H8O/c1-3-14-8-7-6(10(11,12)13)4-5(2)15-9(7)17-16-8;1-2-6-4-3-5-7-6/h4H,3H2,1-2H3,(H2,14,15,16,17);3-5H,2H2,1H3. The molecule has 0 aliphatic heterocycles. The summed E-state index contributed by atoms with van der Waals surface area (Å²) in [6.45, 7) is 5.86. The van der Waals surface area contributed by atoms with Gasteiger partial charge in [-0.3, -0.25) is 5.10 Å². The maximum Gasteiger partial charge on any atom is 0.417 e. The molecule has 0 aliphatic carbocycles. The van der Waals surface area contributed by atoms with Gasteiger partial charge in [-0.05, 0) is 32.0 Å². The van der Waals surface area contributed by atoms with Gasteiger partial charge < -0.3 is 9.73 Å². The van der Waals surface area contributed by atoms with E-state index in [9.17, 15) is 13.2 Å². The summed E-state index contributed by atoms with van der Waals surface area (Å²) >= 11 is 0. The van der Waals surface area contributed by atoms with Crippen molar-refractivity contribution >= 4 is 16.9 Å². The molecular formula is C16H19F3N4O. The Morgan fingerprint density at radius 1 is 1.29 bits per heavy atom. The topological polar surface area (TPSA) is 66.7 Å². The third kappa shape index (κ3) is 4.06. The number of fused-ring (bicyclic) bond motifs is 1. The van der Waals surface area contributed by atoms with Gasteiger partial charge in [0.1, 0.15) is 5.76 Å². The maximum atomic E-state index is 12.9. The predicted molar refractivity (Wildman–Crippen MR) is 85.9 cm³/mol. The molecule has 0 amide bonds. The van der Waals surface area contributed by atoms with E-state index in [0.717, 1.165) is 18.2 Å². The Labute approximate surface area is 137 Å². The Morgan fingerprint density at radius 2 is 2.04 bits per heavy atom. The van der Waals surface area contributed by atoms with Gasteiger partial charge in [-0.1, -0.05) is 6.92 Å². The summed E-state index contributed by atoms with van der Waals surface area (Å²) in [5.74, 6) is 1.24. The van der Waals surface area contributed by atoms with Crippen molar-refractivity contribution in [2.45, 2.75) is 33.4 Å². The molecule has 0 atom stereocenters. The number of hydrogen-bond donors (Lipinski definition) is 2. The average Bonchev–Trinajstić information content (AvgIpc) is 3.16. The highest BCUT2D eigenvalue weighted by Crippen LogP contribution is 2.37. The molecule has 8 heteroatoms. The molecule has 3 heterocycles. The van der Waals surface area contributed by atoms with Gasteiger partial charge in [0.05, 0.1) is 17.2 Å². The summed E-state index contributed by atoms with van der Waals surface area (Å²) in [5, 5.41) is 9.08. The number of aromatic amines is 1. The summed E-state index contributed by atoms with van der Waals surface area (Å²) < 4.78 is 43.7. The Kier molecular flexibility index (Phi) is 5.48. The van der Waals surface area contributed by atoms with Gasteiger partial charge in [0.25, 0.3) is 0 Å². The van der Waals surface area contributed by atoms with Crippen LogP contribution in [0.25, 0.3) is 11.0 Å². The SMILES string of the molecule is CCNc1n[nH]c2nc(C)cc(C(F)(F)F)c12.CCc1ccco1. The van der Waals surface area contributed by atoms with Crippen LogP contribution in [0.15, 0.2) is 28.9 Å². The maximum absolute atomic E-state index is 12.9. The van der Waals surface area contributed by atoms with Gasteiger partial charge in [-0.15, -0.1) is 0 Å². The number of halogens is 3. The lowest BCUT2D eigenvalue weighted by atomic mass is 10.1. The summed E-state index contributed by atoms with van der Waals surface area (Å²) in [5.41, 5.74) is -0.269. The zero-order valence-electron chi connectivity index (χ0n) is 13.7. The van der Waals surface area contributed by atoms with E-state index in [4.69, 9.17) is 4.42 Å². The van der Waals surface area contributed by atoms with Crippen LogP contribution in [0.1, 0.15) is 30.9 Å². The lowest BCUT2D eigenvalue weighted by Gasteiger charge is -2.09. The fourth-order valence-electron chi connectivity index (χ4n) is 2.19. The van der Waals surface area contributed by atoms with Crippen molar-refractivity contribution in [3.05, 3.63) is 41.5 Å². The van der Waals surface area contributed by atoms with E-state index in [0.29, 0.717) is 12.2 Å². The molecular weight excluding hydrogens is 321 g/mol. The third-order valence-electron chi connectivity index (χ3n) is 3.24. The van der Waals surface area contributed by atoms with Crippen molar-refractivity contribution in [3.63, 3.8) is 0 Å². The minimum absolute atomic E-state index is 0.00931. The van der Waals surface area contributed by atoms with E-state index in [1.54, 1.807) is 13.2 Å². The average molecular weight is 340 g/mol. The quantitative estimate of drug-likeness (QED) is 0.733. The number of nitrogens with one attached hydrogen (secondary N) is 2. The van der Waals surface area contributed by atoms with E-state index in [2.05, 4.69) is 27.4 Å². The lowest BCUT2D eigenvalue weighted by molar-refractivity contribution is -0.136. The van der Waals surface area contributed by atoms with E-state index >= 15 is 0 Å². The Morgan fingerprint density at radius 3 is 2.54 bits per heavy atom. The molecule has 0 fully saturated rings. The minimum atomic E-state index is -4.42. The van der Waals surface area contributed by atoms with E-state index in [-0.39, 0.29) is 16.9 Å². The smallest absolute Gasteiger partial charge is 0.417 e. The van der Waals surface area contributed by atoms with Crippen LogP contribution in [0, 0.1) is 6.92 Å². The largest absolute Gasteiger partial charge is 0.469 e. The molecule has 0 aromatic carbocycles. The van der Waals surface area contributed by atoms with Gasteiger partial charge >= 0.3 is 6.18 Å². The second-order valence-electron chi connectivity index (χ2n) is 5.07. The van der Waals surface area contributed by atoms with Crippen molar-refractivity contribution in [2.75, 3.05) is 11.9 Å². The summed E-state index contributed by atoms with van der Waals surface area (Å²) in [6.07, 6.45) is -1.73. The molecule has 0 saturated heterocycles. The molecule has 3 aromatic heterocycles. The molecule has 0 saturated carbocycles. The van der Waals surface area contributed by atoms with Crippen LogP contribution in [0.5, 0.6) is 0 Å². The van der Waals surface area contributed by atoms with Crippen molar-refractivity contribution < 1.29 is 17.6 Å². The zero-order valence-corrected chi connectivity index (χ0v) is 13.7. The first-order valence-corrected chi connectivity index (χ1v) is 7.56. The van der Waals surface area contributed by atoms with E-state index in [1.165, 1.54) is 6.92 Å².